The summed E-state index contributed by atoms with van der Waals surface area (Å²) in [6.45, 7) is 11.3. The van der Waals surface area contributed by atoms with Crippen LogP contribution in [0.25, 0.3) is 0 Å². The van der Waals surface area contributed by atoms with Gasteiger partial charge in [0, 0.05) is 0 Å². The van der Waals surface area contributed by atoms with Crippen LogP contribution in [0.4, 0.5) is 0 Å². The van der Waals surface area contributed by atoms with Crippen LogP contribution < -0.4 is 5.32 Å². The second-order valence-corrected chi connectivity index (χ2v) is 5.54. The standard InChI is InChI=1S/C17H29N/c1-5-11-18-13-17(15(4)6-2)12-16-9-7-14(3)8-10-16/h7-10,15,17-18H,5-6,11-13H2,1-4H3. The summed E-state index contributed by atoms with van der Waals surface area (Å²) >= 11 is 0. The van der Waals surface area contributed by atoms with Gasteiger partial charge >= 0.3 is 0 Å². The molecule has 0 fully saturated rings. The average Bonchev–Trinajstić information content (AvgIpc) is 2.39. The topological polar surface area (TPSA) is 12.0 Å². The quantitative estimate of drug-likeness (QED) is 0.679. The van der Waals surface area contributed by atoms with Gasteiger partial charge in [-0.2, -0.15) is 0 Å². The van der Waals surface area contributed by atoms with E-state index in [-0.39, 0.29) is 0 Å². The molecule has 0 heterocycles. The second-order valence-electron chi connectivity index (χ2n) is 5.54. The maximum atomic E-state index is 3.58. The van der Waals surface area contributed by atoms with Gasteiger partial charge in [-0.3, -0.25) is 0 Å². The Bertz CT molecular complexity index is 315. The maximum absolute atomic E-state index is 3.58. The fraction of sp³-hybridized carbons (Fsp3) is 0.647. The van der Waals surface area contributed by atoms with Crippen molar-refractivity contribution in [2.24, 2.45) is 11.8 Å². The van der Waals surface area contributed by atoms with Gasteiger partial charge in [-0.05, 0) is 50.3 Å². The molecule has 0 spiro atoms. The van der Waals surface area contributed by atoms with Crippen LogP contribution in [0.2, 0.25) is 0 Å². The summed E-state index contributed by atoms with van der Waals surface area (Å²) in [4.78, 5) is 0. The number of aryl methyl sites for hydroxylation is 1. The van der Waals surface area contributed by atoms with Crippen LogP contribution in [0.1, 0.15) is 44.7 Å². The second kappa shape index (κ2) is 8.31. The Labute approximate surface area is 113 Å². The first-order valence-corrected chi connectivity index (χ1v) is 7.43. The van der Waals surface area contributed by atoms with Crippen molar-refractivity contribution in [1.82, 2.24) is 5.32 Å². The first-order valence-electron chi connectivity index (χ1n) is 7.43. The minimum absolute atomic E-state index is 0.754. The molecule has 0 radical (unpaired) electrons. The molecule has 1 aromatic rings. The van der Waals surface area contributed by atoms with Gasteiger partial charge in [0.05, 0.1) is 0 Å². The van der Waals surface area contributed by atoms with Crippen molar-refractivity contribution in [1.29, 1.82) is 0 Å². The Balaban J connectivity index is 2.56. The summed E-state index contributed by atoms with van der Waals surface area (Å²) in [5, 5.41) is 3.58. The van der Waals surface area contributed by atoms with E-state index >= 15 is 0 Å². The van der Waals surface area contributed by atoms with Crippen molar-refractivity contribution in [3.05, 3.63) is 35.4 Å². The molecule has 0 bridgehead atoms. The fourth-order valence-corrected chi connectivity index (χ4v) is 2.30. The Hall–Kier alpha value is -0.820. The summed E-state index contributed by atoms with van der Waals surface area (Å²) in [5.41, 5.74) is 2.83. The SMILES string of the molecule is CCCNCC(Cc1ccc(C)cc1)C(C)CC. The van der Waals surface area contributed by atoms with E-state index in [9.17, 15) is 0 Å². The Morgan fingerprint density at radius 2 is 1.78 bits per heavy atom. The third-order valence-corrected chi connectivity index (χ3v) is 3.90. The Morgan fingerprint density at radius 1 is 1.11 bits per heavy atom. The van der Waals surface area contributed by atoms with Gasteiger partial charge in [0.25, 0.3) is 0 Å². The molecule has 2 atom stereocenters. The predicted octanol–water partition coefficient (Wildman–Crippen LogP) is 4.20. The zero-order chi connectivity index (χ0) is 13.4. The lowest BCUT2D eigenvalue weighted by molar-refractivity contribution is 0.330. The summed E-state index contributed by atoms with van der Waals surface area (Å²) in [7, 11) is 0. The highest BCUT2D eigenvalue weighted by Gasteiger charge is 2.15. The van der Waals surface area contributed by atoms with E-state index in [0.717, 1.165) is 24.9 Å². The third-order valence-electron chi connectivity index (χ3n) is 3.90. The van der Waals surface area contributed by atoms with Crippen LogP contribution in [0.15, 0.2) is 24.3 Å². The van der Waals surface area contributed by atoms with Crippen LogP contribution in [0, 0.1) is 18.8 Å². The molecule has 0 aliphatic carbocycles. The third kappa shape index (κ3) is 5.22. The van der Waals surface area contributed by atoms with Crippen molar-refractivity contribution >= 4 is 0 Å². The van der Waals surface area contributed by atoms with Gasteiger partial charge in [0.2, 0.25) is 0 Å². The molecule has 1 heteroatoms. The predicted molar refractivity (Wildman–Crippen MR) is 81.0 cm³/mol. The van der Waals surface area contributed by atoms with Gasteiger partial charge in [-0.1, -0.05) is 57.0 Å². The smallest absolute Gasteiger partial charge is 0.00148 e. The van der Waals surface area contributed by atoms with Crippen molar-refractivity contribution < 1.29 is 0 Å². The molecular weight excluding hydrogens is 218 g/mol. The van der Waals surface area contributed by atoms with E-state index in [0.29, 0.717) is 0 Å². The summed E-state index contributed by atoms with van der Waals surface area (Å²) in [6.07, 6.45) is 3.69. The molecular formula is C17H29N. The molecule has 0 aromatic heterocycles. The monoisotopic (exact) mass is 247 g/mol. The van der Waals surface area contributed by atoms with Crippen LogP contribution in [0.5, 0.6) is 0 Å². The number of nitrogens with one attached hydrogen (secondary N) is 1. The van der Waals surface area contributed by atoms with E-state index in [1.54, 1.807) is 0 Å². The summed E-state index contributed by atoms with van der Waals surface area (Å²) in [6, 6.07) is 9.01. The zero-order valence-electron chi connectivity index (χ0n) is 12.5. The van der Waals surface area contributed by atoms with Crippen LogP contribution in [-0.4, -0.2) is 13.1 Å². The number of benzene rings is 1. The van der Waals surface area contributed by atoms with Crippen LogP contribution in [-0.2, 0) is 6.42 Å². The summed E-state index contributed by atoms with van der Waals surface area (Å²) in [5.74, 6) is 1.54. The molecule has 1 N–H and O–H groups in total. The van der Waals surface area contributed by atoms with Crippen molar-refractivity contribution in [3.8, 4) is 0 Å². The van der Waals surface area contributed by atoms with Crippen molar-refractivity contribution in [2.45, 2.75) is 47.0 Å². The molecule has 0 saturated carbocycles. The van der Waals surface area contributed by atoms with Gasteiger partial charge in [-0.15, -0.1) is 0 Å². The molecule has 2 unspecified atom stereocenters. The van der Waals surface area contributed by atoms with E-state index in [2.05, 4.69) is 57.3 Å². The molecule has 0 aliphatic rings. The number of rotatable bonds is 8. The largest absolute Gasteiger partial charge is 0.316 e. The zero-order valence-corrected chi connectivity index (χ0v) is 12.5. The van der Waals surface area contributed by atoms with Crippen molar-refractivity contribution in [3.63, 3.8) is 0 Å². The first kappa shape index (κ1) is 15.2. The molecule has 1 nitrogen and oxygen atoms in total. The molecule has 102 valence electrons. The molecule has 18 heavy (non-hydrogen) atoms. The normalized spacial score (nSPS) is 14.4. The first-order chi connectivity index (χ1) is 8.67. The highest BCUT2D eigenvalue weighted by Crippen LogP contribution is 2.20. The summed E-state index contributed by atoms with van der Waals surface area (Å²) < 4.78 is 0. The molecule has 0 aliphatic heterocycles. The highest BCUT2D eigenvalue weighted by molar-refractivity contribution is 5.21. The number of hydrogen-bond acceptors (Lipinski definition) is 1. The molecule has 1 aromatic carbocycles. The lowest BCUT2D eigenvalue weighted by Crippen LogP contribution is -2.29. The van der Waals surface area contributed by atoms with Gasteiger partial charge in [0.1, 0.15) is 0 Å². The molecule has 0 amide bonds. The fourth-order valence-electron chi connectivity index (χ4n) is 2.30. The minimum Gasteiger partial charge on any atom is -0.316 e. The van der Waals surface area contributed by atoms with E-state index in [1.165, 1.54) is 30.4 Å². The van der Waals surface area contributed by atoms with Crippen molar-refractivity contribution in [2.75, 3.05) is 13.1 Å². The van der Waals surface area contributed by atoms with Crippen LogP contribution in [0.3, 0.4) is 0 Å². The lowest BCUT2D eigenvalue weighted by atomic mass is 9.86. The van der Waals surface area contributed by atoms with Gasteiger partial charge in [0.15, 0.2) is 0 Å². The number of hydrogen-bond donors (Lipinski definition) is 1. The van der Waals surface area contributed by atoms with E-state index in [1.807, 2.05) is 0 Å². The Morgan fingerprint density at radius 3 is 2.33 bits per heavy atom. The van der Waals surface area contributed by atoms with Gasteiger partial charge in [-0.25, -0.2) is 0 Å². The average molecular weight is 247 g/mol. The lowest BCUT2D eigenvalue weighted by Gasteiger charge is -2.23. The minimum atomic E-state index is 0.754. The van der Waals surface area contributed by atoms with Crippen LogP contribution >= 0.6 is 0 Å². The molecule has 0 saturated heterocycles. The van der Waals surface area contributed by atoms with Gasteiger partial charge < -0.3 is 5.32 Å². The maximum Gasteiger partial charge on any atom is -0.00148 e. The van der Waals surface area contributed by atoms with E-state index in [4.69, 9.17) is 0 Å². The molecule has 1 rings (SSSR count). The highest BCUT2D eigenvalue weighted by atomic mass is 14.9. The Kier molecular flexibility index (Phi) is 7.04. The van der Waals surface area contributed by atoms with E-state index < -0.39 is 0 Å².